The Morgan fingerprint density at radius 1 is 1.30 bits per heavy atom. The second-order valence-corrected chi connectivity index (χ2v) is 7.67. The van der Waals surface area contributed by atoms with Gasteiger partial charge in [-0.3, -0.25) is 9.69 Å². The van der Waals surface area contributed by atoms with E-state index < -0.39 is 9.84 Å². The molecule has 1 unspecified atom stereocenters. The van der Waals surface area contributed by atoms with Crippen molar-refractivity contribution in [2.24, 2.45) is 0 Å². The van der Waals surface area contributed by atoms with E-state index in [1.54, 1.807) is 0 Å². The lowest BCUT2D eigenvalue weighted by atomic mass is 10.2. The SMILES string of the molecule is C=CCN1CCN(C(=O)CC2CS(=O)(=O)CCN2)CC1. The molecular formula is C13H23N3O3S. The van der Waals surface area contributed by atoms with Crippen molar-refractivity contribution >= 4 is 15.7 Å². The van der Waals surface area contributed by atoms with Crippen molar-refractivity contribution in [2.75, 3.05) is 50.8 Å². The van der Waals surface area contributed by atoms with Crippen LogP contribution in [0.25, 0.3) is 0 Å². The molecule has 0 aliphatic carbocycles. The number of sulfone groups is 1. The van der Waals surface area contributed by atoms with Crippen LogP contribution in [0.15, 0.2) is 12.7 Å². The Bertz CT molecular complexity index is 455. The maximum Gasteiger partial charge on any atom is 0.224 e. The summed E-state index contributed by atoms with van der Waals surface area (Å²) in [6.45, 7) is 8.16. The third-order valence-electron chi connectivity index (χ3n) is 3.83. The van der Waals surface area contributed by atoms with E-state index in [1.165, 1.54) is 0 Å². The van der Waals surface area contributed by atoms with Crippen LogP contribution in [-0.4, -0.2) is 80.9 Å². The van der Waals surface area contributed by atoms with Crippen LogP contribution in [-0.2, 0) is 14.6 Å². The molecule has 6 nitrogen and oxygen atoms in total. The predicted octanol–water partition coefficient (Wildman–Crippen LogP) is -0.907. The van der Waals surface area contributed by atoms with Crippen molar-refractivity contribution in [2.45, 2.75) is 12.5 Å². The zero-order valence-corrected chi connectivity index (χ0v) is 12.6. The molecule has 1 amide bonds. The summed E-state index contributed by atoms with van der Waals surface area (Å²) in [6.07, 6.45) is 2.15. The van der Waals surface area contributed by atoms with Crippen LogP contribution < -0.4 is 5.32 Å². The minimum atomic E-state index is -2.98. The number of nitrogens with one attached hydrogen (secondary N) is 1. The Balaban J connectivity index is 1.79. The molecule has 2 heterocycles. The maximum atomic E-state index is 12.2. The van der Waals surface area contributed by atoms with Crippen molar-refractivity contribution in [3.8, 4) is 0 Å². The predicted molar refractivity (Wildman–Crippen MR) is 78.3 cm³/mol. The van der Waals surface area contributed by atoms with E-state index in [-0.39, 0.29) is 29.9 Å². The van der Waals surface area contributed by atoms with E-state index in [4.69, 9.17) is 0 Å². The molecule has 2 rings (SSSR count). The summed E-state index contributed by atoms with van der Waals surface area (Å²) in [5.41, 5.74) is 0. The quantitative estimate of drug-likeness (QED) is 0.681. The summed E-state index contributed by atoms with van der Waals surface area (Å²) in [5, 5.41) is 3.12. The molecule has 0 spiro atoms. The van der Waals surface area contributed by atoms with Gasteiger partial charge in [0, 0.05) is 51.7 Å². The van der Waals surface area contributed by atoms with Gasteiger partial charge in [-0.25, -0.2) is 8.42 Å². The van der Waals surface area contributed by atoms with E-state index in [0.717, 1.165) is 19.6 Å². The first-order valence-electron chi connectivity index (χ1n) is 7.05. The van der Waals surface area contributed by atoms with Gasteiger partial charge in [0.05, 0.1) is 11.5 Å². The third kappa shape index (κ3) is 4.29. The summed E-state index contributed by atoms with van der Waals surface area (Å²) in [6, 6.07) is -0.229. The van der Waals surface area contributed by atoms with Gasteiger partial charge in [0.15, 0.2) is 9.84 Å². The standard InChI is InChI=1S/C13H23N3O3S/c1-2-4-15-5-7-16(8-6-15)13(17)10-12-11-20(18,19)9-3-14-12/h2,12,14H,1,3-11H2. The third-order valence-corrected chi connectivity index (χ3v) is 5.57. The number of carbonyl (C=O) groups excluding carboxylic acids is 1. The van der Waals surface area contributed by atoms with Crippen LogP contribution in [0, 0.1) is 0 Å². The first-order valence-corrected chi connectivity index (χ1v) is 8.87. The van der Waals surface area contributed by atoms with E-state index in [9.17, 15) is 13.2 Å². The summed E-state index contributed by atoms with van der Waals surface area (Å²) in [4.78, 5) is 16.3. The summed E-state index contributed by atoms with van der Waals surface area (Å²) >= 11 is 0. The number of hydrogen-bond donors (Lipinski definition) is 1. The van der Waals surface area contributed by atoms with Crippen LogP contribution in [0.3, 0.4) is 0 Å². The molecule has 0 bridgehead atoms. The van der Waals surface area contributed by atoms with Crippen LogP contribution >= 0.6 is 0 Å². The fourth-order valence-corrected chi connectivity index (χ4v) is 4.15. The summed E-state index contributed by atoms with van der Waals surface area (Å²) < 4.78 is 23.1. The van der Waals surface area contributed by atoms with E-state index in [1.807, 2.05) is 11.0 Å². The minimum Gasteiger partial charge on any atom is -0.340 e. The van der Waals surface area contributed by atoms with Gasteiger partial charge in [-0.15, -0.1) is 6.58 Å². The van der Waals surface area contributed by atoms with Crippen molar-refractivity contribution in [3.05, 3.63) is 12.7 Å². The molecule has 2 aliphatic rings. The monoisotopic (exact) mass is 301 g/mol. The van der Waals surface area contributed by atoms with Gasteiger partial charge < -0.3 is 10.2 Å². The number of hydrogen-bond acceptors (Lipinski definition) is 5. The molecule has 2 saturated heterocycles. The van der Waals surface area contributed by atoms with Crippen molar-refractivity contribution in [1.82, 2.24) is 15.1 Å². The number of amides is 1. The van der Waals surface area contributed by atoms with Gasteiger partial charge >= 0.3 is 0 Å². The molecule has 0 saturated carbocycles. The highest BCUT2D eigenvalue weighted by Gasteiger charge is 2.28. The average molecular weight is 301 g/mol. The number of piperazine rings is 1. The van der Waals surface area contributed by atoms with Gasteiger partial charge in [-0.05, 0) is 0 Å². The number of rotatable bonds is 4. The van der Waals surface area contributed by atoms with Crippen LogP contribution in [0.2, 0.25) is 0 Å². The first kappa shape index (κ1) is 15.5. The largest absolute Gasteiger partial charge is 0.340 e. The van der Waals surface area contributed by atoms with Gasteiger partial charge in [0.2, 0.25) is 5.91 Å². The topological polar surface area (TPSA) is 69.7 Å². The zero-order chi connectivity index (χ0) is 14.6. The average Bonchev–Trinajstić information content (AvgIpc) is 2.38. The van der Waals surface area contributed by atoms with Crippen molar-refractivity contribution in [3.63, 3.8) is 0 Å². The fraction of sp³-hybridized carbons (Fsp3) is 0.769. The van der Waals surface area contributed by atoms with E-state index in [0.29, 0.717) is 19.6 Å². The highest BCUT2D eigenvalue weighted by atomic mass is 32.2. The van der Waals surface area contributed by atoms with Crippen molar-refractivity contribution < 1.29 is 13.2 Å². The van der Waals surface area contributed by atoms with Gasteiger partial charge in [0.25, 0.3) is 0 Å². The Hall–Kier alpha value is -0.920. The van der Waals surface area contributed by atoms with E-state index >= 15 is 0 Å². The molecule has 2 fully saturated rings. The van der Waals surface area contributed by atoms with E-state index in [2.05, 4.69) is 16.8 Å². The molecular weight excluding hydrogens is 278 g/mol. The van der Waals surface area contributed by atoms with Gasteiger partial charge in [0.1, 0.15) is 0 Å². The second kappa shape index (κ2) is 6.69. The second-order valence-electron chi connectivity index (χ2n) is 5.44. The number of nitrogens with zero attached hydrogens (tertiary/aromatic N) is 2. The molecule has 1 atom stereocenters. The zero-order valence-electron chi connectivity index (χ0n) is 11.8. The Labute approximate surface area is 120 Å². The molecule has 114 valence electrons. The van der Waals surface area contributed by atoms with Crippen LogP contribution in [0.5, 0.6) is 0 Å². The lowest BCUT2D eigenvalue weighted by Crippen LogP contribution is -2.52. The normalized spacial score (nSPS) is 27.2. The molecule has 1 N–H and O–H groups in total. The van der Waals surface area contributed by atoms with Crippen molar-refractivity contribution in [1.29, 1.82) is 0 Å². The Kier molecular flexibility index (Phi) is 5.17. The Morgan fingerprint density at radius 2 is 2.00 bits per heavy atom. The van der Waals surface area contributed by atoms with Gasteiger partial charge in [-0.1, -0.05) is 6.08 Å². The first-order chi connectivity index (χ1) is 9.50. The minimum absolute atomic E-state index is 0.0536. The van der Waals surface area contributed by atoms with Crippen LogP contribution in [0.4, 0.5) is 0 Å². The lowest BCUT2D eigenvalue weighted by molar-refractivity contribution is -0.133. The lowest BCUT2D eigenvalue weighted by Gasteiger charge is -2.35. The molecule has 7 heteroatoms. The maximum absolute atomic E-state index is 12.2. The molecule has 0 aromatic rings. The molecule has 0 aromatic heterocycles. The highest BCUT2D eigenvalue weighted by molar-refractivity contribution is 7.91. The molecule has 0 radical (unpaired) electrons. The summed E-state index contributed by atoms with van der Waals surface area (Å²) in [5.74, 6) is 0.311. The smallest absolute Gasteiger partial charge is 0.224 e. The molecule has 0 aromatic carbocycles. The number of carbonyl (C=O) groups is 1. The van der Waals surface area contributed by atoms with Gasteiger partial charge in [-0.2, -0.15) is 0 Å². The molecule has 20 heavy (non-hydrogen) atoms. The summed E-state index contributed by atoms with van der Waals surface area (Å²) in [7, 11) is -2.98. The van der Waals surface area contributed by atoms with Crippen LogP contribution in [0.1, 0.15) is 6.42 Å². The molecule has 2 aliphatic heterocycles. The highest BCUT2D eigenvalue weighted by Crippen LogP contribution is 2.09. The fourth-order valence-electron chi connectivity index (χ4n) is 2.70. The Morgan fingerprint density at radius 3 is 2.60 bits per heavy atom.